The molecule has 0 aliphatic rings. The first-order chi connectivity index (χ1) is 11.1. The van der Waals surface area contributed by atoms with Gasteiger partial charge in [0.1, 0.15) is 0 Å². The van der Waals surface area contributed by atoms with E-state index in [-0.39, 0.29) is 6.42 Å². The maximum atomic E-state index is 10.7. The predicted molar refractivity (Wildman–Crippen MR) is 92.4 cm³/mol. The normalized spacial score (nSPS) is 11.2. The zero-order valence-electron chi connectivity index (χ0n) is 13.2. The summed E-state index contributed by atoms with van der Waals surface area (Å²) in [4.78, 5) is 11.9. The molecule has 0 spiro atoms. The lowest BCUT2D eigenvalue weighted by molar-refractivity contribution is -0.137. The average Bonchev–Trinajstić information content (AvgIpc) is 3.05. The van der Waals surface area contributed by atoms with E-state index in [0.717, 1.165) is 17.0 Å². The van der Waals surface area contributed by atoms with Crippen molar-refractivity contribution in [2.75, 3.05) is 5.75 Å². The van der Waals surface area contributed by atoms with Crippen molar-refractivity contribution in [3.63, 3.8) is 0 Å². The van der Waals surface area contributed by atoms with Crippen LogP contribution >= 0.6 is 11.8 Å². The highest BCUT2D eigenvalue weighted by atomic mass is 32.2. The second-order valence-corrected chi connectivity index (χ2v) is 6.59. The van der Waals surface area contributed by atoms with Crippen molar-refractivity contribution in [1.29, 1.82) is 0 Å². The third-order valence-electron chi connectivity index (χ3n) is 3.78. The summed E-state index contributed by atoms with van der Waals surface area (Å²) in [6.45, 7) is 2.10. The molecule has 5 nitrogen and oxygen atoms in total. The Labute approximate surface area is 138 Å². The quantitative estimate of drug-likeness (QED) is 0.554. The monoisotopic (exact) mass is 329 g/mol. The van der Waals surface area contributed by atoms with Gasteiger partial charge in [0.15, 0.2) is 0 Å². The lowest BCUT2D eigenvalue weighted by atomic mass is 10.2. The minimum absolute atomic E-state index is 0.216. The van der Waals surface area contributed by atoms with E-state index in [9.17, 15) is 4.79 Å². The Bertz CT molecular complexity index is 851. The van der Waals surface area contributed by atoms with Gasteiger partial charge >= 0.3 is 5.97 Å². The molecule has 0 bridgehead atoms. The number of hydrogen-bond donors (Lipinski definition) is 1. The van der Waals surface area contributed by atoms with Gasteiger partial charge in [0.25, 0.3) is 0 Å². The van der Waals surface area contributed by atoms with Crippen LogP contribution in [-0.4, -0.2) is 31.2 Å². The molecule has 2 heterocycles. The Hall–Kier alpha value is -2.21. The Morgan fingerprint density at radius 3 is 2.83 bits per heavy atom. The number of hydrogen-bond acceptors (Lipinski definition) is 3. The third-order valence-corrected chi connectivity index (χ3v) is 5.08. The van der Waals surface area contributed by atoms with Crippen LogP contribution in [0.3, 0.4) is 0 Å². The van der Waals surface area contributed by atoms with Crippen molar-refractivity contribution < 1.29 is 9.90 Å². The lowest BCUT2D eigenvalue weighted by Crippen LogP contribution is -1.96. The summed E-state index contributed by atoms with van der Waals surface area (Å²) in [5.74, 6) is 0.0638. The smallest absolute Gasteiger partial charge is 0.303 e. The van der Waals surface area contributed by atoms with Gasteiger partial charge in [0.05, 0.1) is 17.4 Å². The van der Waals surface area contributed by atoms with Gasteiger partial charge in [-0.15, -0.1) is 11.8 Å². The van der Waals surface area contributed by atoms with Crippen LogP contribution in [0.4, 0.5) is 0 Å². The van der Waals surface area contributed by atoms with Crippen LogP contribution in [0, 0.1) is 6.92 Å². The number of carboxylic acid groups (broad SMARTS) is 1. The summed E-state index contributed by atoms with van der Waals surface area (Å²) in [7, 11) is 1.91. The molecule has 120 valence electrons. The van der Waals surface area contributed by atoms with E-state index < -0.39 is 5.97 Å². The fraction of sp³-hybridized carbons (Fsp3) is 0.294. The zero-order chi connectivity index (χ0) is 16.4. The molecule has 1 aromatic carbocycles. The molecule has 0 fully saturated rings. The Morgan fingerprint density at radius 2 is 2.13 bits per heavy atom. The van der Waals surface area contributed by atoms with Crippen molar-refractivity contribution >= 4 is 28.6 Å². The molecular formula is C17H19N3O2S. The number of carbonyl (C=O) groups is 1. The molecule has 0 aliphatic carbocycles. The Kier molecular flexibility index (Phi) is 4.43. The molecule has 23 heavy (non-hydrogen) atoms. The van der Waals surface area contributed by atoms with Gasteiger partial charge in [-0.25, -0.2) is 0 Å². The number of carboxylic acids is 1. The molecule has 0 saturated heterocycles. The zero-order valence-corrected chi connectivity index (χ0v) is 14.0. The molecule has 0 atom stereocenters. The lowest BCUT2D eigenvalue weighted by Gasteiger charge is -2.05. The largest absolute Gasteiger partial charge is 0.481 e. The fourth-order valence-electron chi connectivity index (χ4n) is 2.77. The van der Waals surface area contributed by atoms with Crippen LogP contribution in [0.25, 0.3) is 16.6 Å². The van der Waals surface area contributed by atoms with Gasteiger partial charge in [-0.3, -0.25) is 9.48 Å². The summed E-state index contributed by atoms with van der Waals surface area (Å²) >= 11 is 1.73. The molecule has 0 radical (unpaired) electrons. The topological polar surface area (TPSA) is 60.0 Å². The number of para-hydroxylation sites is 1. The average molecular weight is 329 g/mol. The molecule has 3 aromatic rings. The molecule has 1 N–H and O–H groups in total. The van der Waals surface area contributed by atoms with Crippen molar-refractivity contribution in [2.24, 2.45) is 7.05 Å². The van der Waals surface area contributed by atoms with Crippen molar-refractivity contribution in [3.05, 3.63) is 42.4 Å². The van der Waals surface area contributed by atoms with Crippen LogP contribution < -0.4 is 0 Å². The Balaban J connectivity index is 1.98. The molecule has 0 aliphatic heterocycles. The molecular weight excluding hydrogens is 310 g/mol. The van der Waals surface area contributed by atoms with E-state index in [0.29, 0.717) is 6.42 Å². The molecule has 3 rings (SSSR count). The third kappa shape index (κ3) is 3.12. The fourth-order valence-corrected chi connectivity index (χ4v) is 3.90. The maximum Gasteiger partial charge on any atom is 0.303 e. The van der Waals surface area contributed by atoms with Crippen molar-refractivity contribution in [2.45, 2.75) is 24.7 Å². The number of nitrogens with zero attached hydrogens (tertiary/aromatic N) is 3. The number of rotatable bonds is 6. The second-order valence-electron chi connectivity index (χ2n) is 5.49. The summed E-state index contributed by atoms with van der Waals surface area (Å²) in [5.41, 5.74) is 3.36. The van der Waals surface area contributed by atoms with Gasteiger partial charge in [-0.2, -0.15) is 5.10 Å². The van der Waals surface area contributed by atoms with Gasteiger partial charge in [0, 0.05) is 35.6 Å². The number of aryl methyl sites for hydroxylation is 1. The van der Waals surface area contributed by atoms with Crippen LogP contribution in [-0.2, 0) is 11.8 Å². The SMILES string of the molecule is Cc1c(SCCCC(=O)O)c2ccccc2n1-c1cnn(C)c1. The first-order valence-electron chi connectivity index (χ1n) is 7.51. The number of benzene rings is 1. The van der Waals surface area contributed by atoms with Crippen molar-refractivity contribution in [1.82, 2.24) is 14.3 Å². The number of aromatic nitrogens is 3. The van der Waals surface area contributed by atoms with E-state index in [2.05, 4.69) is 28.7 Å². The van der Waals surface area contributed by atoms with E-state index in [1.54, 1.807) is 16.4 Å². The summed E-state index contributed by atoms with van der Waals surface area (Å²) in [6.07, 6.45) is 4.75. The molecule has 0 amide bonds. The van der Waals surface area contributed by atoms with Gasteiger partial charge < -0.3 is 9.67 Å². The molecule has 2 aromatic heterocycles. The number of thioether (sulfide) groups is 1. The first-order valence-corrected chi connectivity index (χ1v) is 8.50. The highest BCUT2D eigenvalue weighted by Gasteiger charge is 2.16. The molecule has 0 saturated carbocycles. The minimum atomic E-state index is -0.736. The standard InChI is InChI=1S/C17H19N3O2S/c1-12-17(23-9-5-8-16(21)22)14-6-3-4-7-15(14)20(12)13-10-18-19(2)11-13/h3-4,6-7,10-11H,5,8-9H2,1-2H3,(H,21,22). The van der Waals surface area contributed by atoms with Crippen LogP contribution in [0.2, 0.25) is 0 Å². The minimum Gasteiger partial charge on any atom is -0.481 e. The van der Waals surface area contributed by atoms with Gasteiger partial charge in [0.2, 0.25) is 0 Å². The Morgan fingerprint density at radius 1 is 1.35 bits per heavy atom. The van der Waals surface area contributed by atoms with E-state index in [1.807, 2.05) is 31.6 Å². The van der Waals surface area contributed by atoms with Gasteiger partial charge in [-0.05, 0) is 25.2 Å². The highest BCUT2D eigenvalue weighted by molar-refractivity contribution is 7.99. The number of fused-ring (bicyclic) bond motifs is 1. The first kappa shape index (κ1) is 15.7. The highest BCUT2D eigenvalue weighted by Crippen LogP contribution is 2.36. The summed E-state index contributed by atoms with van der Waals surface area (Å²) in [6, 6.07) is 8.30. The molecule has 0 unspecified atom stereocenters. The second kappa shape index (κ2) is 6.50. The van der Waals surface area contributed by atoms with Crippen LogP contribution in [0.15, 0.2) is 41.6 Å². The van der Waals surface area contributed by atoms with Crippen LogP contribution in [0.5, 0.6) is 0 Å². The van der Waals surface area contributed by atoms with E-state index in [1.165, 1.54) is 16.0 Å². The van der Waals surface area contributed by atoms with Gasteiger partial charge in [-0.1, -0.05) is 18.2 Å². The predicted octanol–water partition coefficient (Wildman–Crippen LogP) is 3.63. The maximum absolute atomic E-state index is 10.7. The van der Waals surface area contributed by atoms with E-state index >= 15 is 0 Å². The van der Waals surface area contributed by atoms with Crippen molar-refractivity contribution in [3.8, 4) is 5.69 Å². The summed E-state index contributed by atoms with van der Waals surface area (Å²) < 4.78 is 4.01. The number of aliphatic carboxylic acids is 1. The summed E-state index contributed by atoms with van der Waals surface area (Å²) in [5, 5.41) is 14.2. The van der Waals surface area contributed by atoms with Crippen LogP contribution in [0.1, 0.15) is 18.5 Å². The molecule has 6 heteroatoms. The van der Waals surface area contributed by atoms with E-state index in [4.69, 9.17) is 5.11 Å².